The van der Waals surface area contributed by atoms with Crippen molar-refractivity contribution in [3.63, 3.8) is 0 Å². The van der Waals surface area contributed by atoms with Crippen molar-refractivity contribution < 1.29 is 9.53 Å². The number of Topliss-reactive ketones (excluding diaryl/α,β-unsaturated/α-hetero) is 1. The van der Waals surface area contributed by atoms with Gasteiger partial charge in [0.15, 0.2) is 5.78 Å². The predicted octanol–water partition coefficient (Wildman–Crippen LogP) is 3.44. The molecule has 0 heterocycles. The molecule has 0 N–H and O–H groups in total. The van der Waals surface area contributed by atoms with Crippen molar-refractivity contribution >= 4 is 21.7 Å². The van der Waals surface area contributed by atoms with E-state index in [1.807, 2.05) is 32.9 Å². The minimum atomic E-state index is -0.160. The fraction of sp³-hybridized carbons (Fsp3) is 0.417. The summed E-state index contributed by atoms with van der Waals surface area (Å²) in [6.07, 6.45) is 0.122. The SMILES string of the molecule is CC(C)Oc1cccc(C(=O)C(C)Br)c1. The maximum absolute atomic E-state index is 11.7. The number of hydrogen-bond acceptors (Lipinski definition) is 2. The second kappa shape index (κ2) is 5.31. The highest BCUT2D eigenvalue weighted by Gasteiger charge is 2.12. The van der Waals surface area contributed by atoms with E-state index in [0.717, 1.165) is 5.75 Å². The van der Waals surface area contributed by atoms with E-state index in [2.05, 4.69) is 15.9 Å². The van der Waals surface area contributed by atoms with Gasteiger partial charge < -0.3 is 4.74 Å². The fourth-order valence-corrected chi connectivity index (χ4v) is 1.49. The van der Waals surface area contributed by atoms with Crippen molar-refractivity contribution in [2.24, 2.45) is 0 Å². The molecule has 0 spiro atoms. The Morgan fingerprint density at radius 1 is 1.33 bits per heavy atom. The van der Waals surface area contributed by atoms with Gasteiger partial charge in [0.2, 0.25) is 0 Å². The van der Waals surface area contributed by atoms with Crippen molar-refractivity contribution in [2.75, 3.05) is 0 Å². The van der Waals surface area contributed by atoms with E-state index in [0.29, 0.717) is 5.56 Å². The Hall–Kier alpha value is -0.830. The number of halogens is 1. The third kappa shape index (κ3) is 3.67. The standard InChI is InChI=1S/C12H15BrO2/c1-8(2)15-11-6-4-5-10(7-11)12(14)9(3)13/h4-9H,1-3H3. The molecule has 3 heteroatoms. The maximum atomic E-state index is 11.7. The lowest BCUT2D eigenvalue weighted by Gasteiger charge is -2.10. The first-order chi connectivity index (χ1) is 7.00. The molecule has 0 fully saturated rings. The van der Waals surface area contributed by atoms with Gasteiger partial charge in [-0.2, -0.15) is 0 Å². The molecule has 82 valence electrons. The number of hydrogen-bond donors (Lipinski definition) is 0. The van der Waals surface area contributed by atoms with Crippen LogP contribution in [-0.4, -0.2) is 16.7 Å². The topological polar surface area (TPSA) is 26.3 Å². The highest BCUT2D eigenvalue weighted by Crippen LogP contribution is 2.17. The van der Waals surface area contributed by atoms with Crippen molar-refractivity contribution in [1.29, 1.82) is 0 Å². The maximum Gasteiger partial charge on any atom is 0.176 e. The van der Waals surface area contributed by atoms with Crippen molar-refractivity contribution in [2.45, 2.75) is 31.7 Å². The molecule has 0 aromatic heterocycles. The molecule has 15 heavy (non-hydrogen) atoms. The van der Waals surface area contributed by atoms with Gasteiger partial charge in [0.25, 0.3) is 0 Å². The Morgan fingerprint density at radius 2 is 2.00 bits per heavy atom. The second-order valence-corrected chi connectivity index (χ2v) is 5.05. The average molecular weight is 271 g/mol. The average Bonchev–Trinajstić information content (AvgIpc) is 2.16. The van der Waals surface area contributed by atoms with Gasteiger partial charge in [-0.15, -0.1) is 0 Å². The van der Waals surface area contributed by atoms with E-state index in [4.69, 9.17) is 4.74 Å². The summed E-state index contributed by atoms with van der Waals surface area (Å²) in [5.74, 6) is 0.813. The molecule has 0 saturated heterocycles. The summed E-state index contributed by atoms with van der Waals surface area (Å²) in [6.45, 7) is 5.74. The molecular formula is C12H15BrO2. The van der Waals surface area contributed by atoms with Crippen LogP contribution in [0.5, 0.6) is 5.75 Å². The molecule has 1 rings (SSSR count). The van der Waals surface area contributed by atoms with Crippen LogP contribution in [0.3, 0.4) is 0 Å². The quantitative estimate of drug-likeness (QED) is 0.619. The molecule has 0 amide bonds. The largest absolute Gasteiger partial charge is 0.491 e. The summed E-state index contributed by atoms with van der Waals surface area (Å²) in [7, 11) is 0. The zero-order valence-corrected chi connectivity index (χ0v) is 10.7. The summed E-state index contributed by atoms with van der Waals surface area (Å²) in [4.78, 5) is 11.5. The lowest BCUT2D eigenvalue weighted by atomic mass is 10.1. The zero-order valence-electron chi connectivity index (χ0n) is 9.16. The van der Waals surface area contributed by atoms with E-state index in [1.54, 1.807) is 12.1 Å². The van der Waals surface area contributed by atoms with Crippen molar-refractivity contribution in [1.82, 2.24) is 0 Å². The van der Waals surface area contributed by atoms with Gasteiger partial charge in [-0.3, -0.25) is 4.79 Å². The summed E-state index contributed by atoms with van der Waals surface area (Å²) >= 11 is 3.26. The molecule has 0 aliphatic carbocycles. The molecular weight excluding hydrogens is 256 g/mol. The number of carbonyl (C=O) groups is 1. The summed E-state index contributed by atoms with van der Waals surface area (Å²) < 4.78 is 5.52. The first kappa shape index (κ1) is 12.2. The van der Waals surface area contributed by atoms with Crippen LogP contribution in [0.4, 0.5) is 0 Å². The molecule has 0 bridgehead atoms. The zero-order chi connectivity index (χ0) is 11.4. The van der Waals surface area contributed by atoms with Gasteiger partial charge in [0.1, 0.15) is 5.75 Å². The Morgan fingerprint density at radius 3 is 2.53 bits per heavy atom. The van der Waals surface area contributed by atoms with E-state index < -0.39 is 0 Å². The van der Waals surface area contributed by atoms with Crippen LogP contribution in [-0.2, 0) is 0 Å². The molecule has 0 saturated carbocycles. The van der Waals surface area contributed by atoms with Crippen molar-refractivity contribution in [3.8, 4) is 5.75 Å². The Balaban J connectivity index is 2.87. The van der Waals surface area contributed by atoms with Crippen LogP contribution in [0.15, 0.2) is 24.3 Å². The summed E-state index contributed by atoms with van der Waals surface area (Å²) in [5, 5.41) is 0. The summed E-state index contributed by atoms with van der Waals surface area (Å²) in [5.41, 5.74) is 0.678. The first-order valence-corrected chi connectivity index (χ1v) is 5.87. The van der Waals surface area contributed by atoms with Gasteiger partial charge in [0.05, 0.1) is 10.9 Å². The van der Waals surface area contributed by atoms with Gasteiger partial charge >= 0.3 is 0 Å². The van der Waals surface area contributed by atoms with Crippen LogP contribution in [0, 0.1) is 0 Å². The van der Waals surface area contributed by atoms with Crippen LogP contribution in [0.1, 0.15) is 31.1 Å². The van der Waals surface area contributed by atoms with E-state index in [1.165, 1.54) is 0 Å². The lowest BCUT2D eigenvalue weighted by Crippen LogP contribution is -2.11. The Bertz CT molecular complexity index is 345. The minimum absolute atomic E-state index is 0.0733. The number of ketones is 1. The Labute approximate surface area is 98.8 Å². The van der Waals surface area contributed by atoms with Crippen LogP contribution >= 0.6 is 15.9 Å². The van der Waals surface area contributed by atoms with Crippen LogP contribution < -0.4 is 4.74 Å². The smallest absolute Gasteiger partial charge is 0.176 e. The lowest BCUT2D eigenvalue weighted by molar-refractivity contribution is 0.0995. The molecule has 2 nitrogen and oxygen atoms in total. The third-order valence-corrected chi connectivity index (χ3v) is 2.27. The van der Waals surface area contributed by atoms with Crippen LogP contribution in [0.2, 0.25) is 0 Å². The molecule has 0 aliphatic rings. The van der Waals surface area contributed by atoms with Gasteiger partial charge in [-0.1, -0.05) is 28.1 Å². The third-order valence-electron chi connectivity index (χ3n) is 1.85. The van der Waals surface area contributed by atoms with E-state index >= 15 is 0 Å². The molecule has 1 unspecified atom stereocenters. The number of carbonyl (C=O) groups excluding carboxylic acids is 1. The molecule has 1 aromatic rings. The van der Waals surface area contributed by atoms with E-state index in [-0.39, 0.29) is 16.7 Å². The fourth-order valence-electron chi connectivity index (χ4n) is 1.22. The highest BCUT2D eigenvalue weighted by molar-refractivity contribution is 9.10. The van der Waals surface area contributed by atoms with Crippen molar-refractivity contribution in [3.05, 3.63) is 29.8 Å². The van der Waals surface area contributed by atoms with Gasteiger partial charge in [-0.25, -0.2) is 0 Å². The Kier molecular flexibility index (Phi) is 4.33. The second-order valence-electron chi connectivity index (χ2n) is 3.67. The molecule has 0 aliphatic heterocycles. The number of alkyl halides is 1. The highest BCUT2D eigenvalue weighted by atomic mass is 79.9. The van der Waals surface area contributed by atoms with Crippen LogP contribution in [0.25, 0.3) is 0 Å². The number of rotatable bonds is 4. The normalized spacial score (nSPS) is 12.6. The first-order valence-electron chi connectivity index (χ1n) is 4.95. The van der Waals surface area contributed by atoms with Gasteiger partial charge in [0, 0.05) is 5.56 Å². The number of benzene rings is 1. The molecule has 1 aromatic carbocycles. The molecule has 0 radical (unpaired) electrons. The van der Waals surface area contributed by atoms with E-state index in [9.17, 15) is 4.79 Å². The monoisotopic (exact) mass is 270 g/mol. The molecule has 1 atom stereocenters. The predicted molar refractivity (Wildman–Crippen MR) is 64.9 cm³/mol. The number of ether oxygens (including phenoxy) is 1. The minimum Gasteiger partial charge on any atom is -0.491 e. The summed E-state index contributed by atoms with van der Waals surface area (Å²) in [6, 6.07) is 7.27. The van der Waals surface area contributed by atoms with Gasteiger partial charge in [-0.05, 0) is 32.9 Å².